The number of carbonyl (C=O) groups is 1. The molecule has 3 heteroatoms. The number of carbonyl (C=O) groups excluding carboxylic acids is 1. The van der Waals surface area contributed by atoms with Gasteiger partial charge in [-0.3, -0.25) is 4.79 Å². The molecule has 0 saturated carbocycles. The number of hydrogen-bond donors (Lipinski definition) is 0. The fourth-order valence-corrected chi connectivity index (χ4v) is 5.03. The van der Waals surface area contributed by atoms with E-state index in [0.29, 0.717) is 11.7 Å². The van der Waals surface area contributed by atoms with Crippen molar-refractivity contribution in [3.8, 4) is 0 Å². The van der Waals surface area contributed by atoms with E-state index in [2.05, 4.69) is 49.9 Å². The zero-order chi connectivity index (χ0) is 21.2. The third-order valence-electron chi connectivity index (χ3n) is 5.56. The van der Waals surface area contributed by atoms with Crippen LogP contribution >= 0.6 is 11.8 Å². The lowest BCUT2D eigenvalue weighted by atomic mass is 10.0. The van der Waals surface area contributed by atoms with Crippen LogP contribution in [-0.2, 0) is 16.0 Å². The van der Waals surface area contributed by atoms with Gasteiger partial charge in [0.05, 0.1) is 7.11 Å². The van der Waals surface area contributed by atoms with E-state index in [1.165, 1.54) is 88.2 Å². The van der Waals surface area contributed by atoms with Gasteiger partial charge < -0.3 is 4.74 Å². The van der Waals surface area contributed by atoms with Crippen LogP contribution in [0.5, 0.6) is 0 Å². The Morgan fingerprint density at radius 3 is 2.17 bits per heavy atom. The Kier molecular flexibility index (Phi) is 16.1. The van der Waals surface area contributed by atoms with Gasteiger partial charge in [0.15, 0.2) is 0 Å². The van der Waals surface area contributed by atoms with E-state index in [1.54, 1.807) is 0 Å². The molecule has 0 saturated heterocycles. The van der Waals surface area contributed by atoms with Gasteiger partial charge in [-0.25, -0.2) is 0 Å². The van der Waals surface area contributed by atoms with E-state index in [0.717, 1.165) is 19.3 Å². The largest absolute Gasteiger partial charge is 0.469 e. The smallest absolute Gasteiger partial charge is 0.305 e. The molecule has 0 radical (unpaired) electrons. The molecule has 1 aromatic rings. The maximum absolute atomic E-state index is 11.3. The number of ether oxygens (including phenoxy) is 1. The minimum Gasteiger partial charge on any atom is -0.469 e. The molecule has 0 spiro atoms. The van der Waals surface area contributed by atoms with Gasteiger partial charge in [-0.05, 0) is 49.0 Å². The lowest BCUT2D eigenvalue weighted by molar-refractivity contribution is -0.140. The topological polar surface area (TPSA) is 26.3 Å². The second-order valence-corrected chi connectivity index (χ2v) is 9.46. The molecule has 0 aliphatic carbocycles. The monoisotopic (exact) mass is 420 g/mol. The molecule has 0 aromatic heterocycles. The SMILES string of the molecule is CCCCCCCCCc1ccc(C(CCCCC(=O)OC)SCCCC)cc1. The highest BCUT2D eigenvalue weighted by molar-refractivity contribution is 7.99. The standard InChI is InChI=1S/C26H44O2S/c1-4-6-8-9-10-11-12-15-23-18-20-24(21-19-23)25(29-22-7-5-2)16-13-14-17-26(27)28-3/h18-21,25H,4-17,22H2,1-3H3. The van der Waals surface area contributed by atoms with E-state index in [9.17, 15) is 4.79 Å². The number of benzene rings is 1. The maximum atomic E-state index is 11.3. The summed E-state index contributed by atoms with van der Waals surface area (Å²) in [4.78, 5) is 11.3. The van der Waals surface area contributed by atoms with E-state index >= 15 is 0 Å². The summed E-state index contributed by atoms with van der Waals surface area (Å²) in [5.41, 5.74) is 2.93. The summed E-state index contributed by atoms with van der Waals surface area (Å²) in [5.74, 6) is 1.13. The Balaban J connectivity index is 2.41. The second kappa shape index (κ2) is 17.9. The van der Waals surface area contributed by atoms with Crippen LogP contribution in [0.2, 0.25) is 0 Å². The summed E-state index contributed by atoms with van der Waals surface area (Å²) in [7, 11) is 1.47. The molecular formula is C26H44O2S. The van der Waals surface area contributed by atoms with Gasteiger partial charge in [0, 0.05) is 11.7 Å². The summed E-state index contributed by atoms with van der Waals surface area (Å²) >= 11 is 2.08. The molecule has 0 amide bonds. The molecule has 1 rings (SSSR count). The highest BCUT2D eigenvalue weighted by Gasteiger charge is 2.12. The number of esters is 1. The van der Waals surface area contributed by atoms with Crippen LogP contribution in [0.25, 0.3) is 0 Å². The van der Waals surface area contributed by atoms with Gasteiger partial charge in [-0.2, -0.15) is 11.8 Å². The summed E-state index contributed by atoms with van der Waals surface area (Å²) in [6.45, 7) is 4.53. The van der Waals surface area contributed by atoms with Crippen LogP contribution < -0.4 is 0 Å². The van der Waals surface area contributed by atoms with Crippen molar-refractivity contribution in [3.05, 3.63) is 35.4 Å². The fourth-order valence-electron chi connectivity index (χ4n) is 3.60. The number of thioether (sulfide) groups is 1. The van der Waals surface area contributed by atoms with Crippen molar-refractivity contribution in [2.45, 2.75) is 109 Å². The maximum Gasteiger partial charge on any atom is 0.305 e. The van der Waals surface area contributed by atoms with E-state index in [-0.39, 0.29) is 5.97 Å². The first-order valence-electron chi connectivity index (χ1n) is 12.0. The predicted molar refractivity (Wildman–Crippen MR) is 129 cm³/mol. The summed E-state index contributed by atoms with van der Waals surface area (Å²) in [5, 5.41) is 0.548. The average Bonchev–Trinajstić information content (AvgIpc) is 2.75. The van der Waals surface area contributed by atoms with Crippen molar-refractivity contribution in [1.82, 2.24) is 0 Å². The molecule has 1 unspecified atom stereocenters. The van der Waals surface area contributed by atoms with E-state index in [4.69, 9.17) is 4.74 Å². The zero-order valence-corrected chi connectivity index (χ0v) is 20.0. The van der Waals surface area contributed by atoms with Crippen molar-refractivity contribution >= 4 is 17.7 Å². The van der Waals surface area contributed by atoms with Crippen molar-refractivity contribution in [2.75, 3.05) is 12.9 Å². The van der Waals surface area contributed by atoms with E-state index in [1.807, 2.05) is 0 Å². The fraction of sp³-hybridized carbons (Fsp3) is 0.731. The van der Waals surface area contributed by atoms with Gasteiger partial charge in [0.1, 0.15) is 0 Å². The molecular weight excluding hydrogens is 376 g/mol. The molecule has 0 heterocycles. The number of methoxy groups -OCH3 is 1. The van der Waals surface area contributed by atoms with Crippen LogP contribution in [-0.4, -0.2) is 18.8 Å². The normalized spacial score (nSPS) is 12.1. The van der Waals surface area contributed by atoms with Crippen molar-refractivity contribution in [2.24, 2.45) is 0 Å². The summed E-state index contributed by atoms with van der Waals surface area (Å²) < 4.78 is 4.75. The Morgan fingerprint density at radius 2 is 1.52 bits per heavy atom. The first-order chi connectivity index (χ1) is 14.2. The minimum atomic E-state index is -0.0881. The molecule has 0 aliphatic rings. The summed E-state index contributed by atoms with van der Waals surface area (Å²) in [6.07, 6.45) is 17.0. The lowest BCUT2D eigenvalue weighted by Gasteiger charge is -2.17. The quantitative estimate of drug-likeness (QED) is 0.176. The molecule has 166 valence electrons. The second-order valence-electron chi connectivity index (χ2n) is 8.15. The van der Waals surface area contributed by atoms with Crippen LogP contribution in [0, 0.1) is 0 Å². The van der Waals surface area contributed by atoms with Crippen LogP contribution in [0.15, 0.2) is 24.3 Å². The molecule has 0 fully saturated rings. The minimum absolute atomic E-state index is 0.0881. The number of rotatable bonds is 18. The van der Waals surface area contributed by atoms with Gasteiger partial charge in [0.2, 0.25) is 0 Å². The van der Waals surface area contributed by atoms with Gasteiger partial charge in [-0.1, -0.05) is 89.5 Å². The molecule has 2 nitrogen and oxygen atoms in total. The Hall–Kier alpha value is -0.960. The Morgan fingerprint density at radius 1 is 0.862 bits per heavy atom. The van der Waals surface area contributed by atoms with E-state index < -0.39 is 0 Å². The summed E-state index contributed by atoms with van der Waals surface area (Å²) in [6, 6.07) is 9.38. The molecule has 0 N–H and O–H groups in total. The average molecular weight is 421 g/mol. The first-order valence-corrected chi connectivity index (χ1v) is 13.0. The van der Waals surface area contributed by atoms with Gasteiger partial charge in [0.25, 0.3) is 0 Å². The molecule has 1 atom stereocenters. The number of aryl methyl sites for hydroxylation is 1. The molecule has 0 bridgehead atoms. The van der Waals surface area contributed by atoms with Crippen LogP contribution in [0.1, 0.15) is 114 Å². The Labute approximate surface area is 184 Å². The molecule has 1 aromatic carbocycles. The van der Waals surface area contributed by atoms with Gasteiger partial charge >= 0.3 is 5.97 Å². The Bertz CT molecular complexity index is 512. The first kappa shape index (κ1) is 26.1. The van der Waals surface area contributed by atoms with Crippen molar-refractivity contribution in [3.63, 3.8) is 0 Å². The van der Waals surface area contributed by atoms with Crippen LogP contribution in [0.3, 0.4) is 0 Å². The van der Waals surface area contributed by atoms with Crippen molar-refractivity contribution in [1.29, 1.82) is 0 Å². The third-order valence-corrected chi connectivity index (χ3v) is 7.00. The molecule has 0 aliphatic heterocycles. The predicted octanol–water partition coefficient (Wildman–Crippen LogP) is 8.29. The third kappa shape index (κ3) is 13.1. The number of unbranched alkanes of at least 4 members (excludes halogenated alkanes) is 8. The van der Waals surface area contributed by atoms with Crippen molar-refractivity contribution < 1.29 is 9.53 Å². The molecule has 29 heavy (non-hydrogen) atoms. The lowest BCUT2D eigenvalue weighted by Crippen LogP contribution is -2.01. The highest BCUT2D eigenvalue weighted by Crippen LogP contribution is 2.34. The van der Waals surface area contributed by atoms with Gasteiger partial charge in [-0.15, -0.1) is 0 Å². The number of hydrogen-bond acceptors (Lipinski definition) is 3. The highest BCUT2D eigenvalue weighted by atomic mass is 32.2. The van der Waals surface area contributed by atoms with Crippen LogP contribution in [0.4, 0.5) is 0 Å². The zero-order valence-electron chi connectivity index (χ0n) is 19.2.